The molecule has 0 radical (unpaired) electrons. The van der Waals surface area contributed by atoms with Gasteiger partial charge in [0.2, 0.25) is 0 Å². The molecule has 1 aliphatic heterocycles. The van der Waals surface area contributed by atoms with E-state index in [4.69, 9.17) is 5.14 Å². The molecule has 72 valence electrons. The fraction of sp³-hybridized carbons (Fsp3) is 0.571. The van der Waals surface area contributed by atoms with Gasteiger partial charge in [-0.15, -0.1) is 0 Å². The summed E-state index contributed by atoms with van der Waals surface area (Å²) in [6.45, 7) is 0.561. The standard InChI is InChI=1S/C7H9F2N3S/c8-7(9)2-1-3-12-6(7)5(13-10)4-11-12/h4H,1-3,10H2. The van der Waals surface area contributed by atoms with Gasteiger partial charge in [-0.25, -0.2) is 0 Å². The summed E-state index contributed by atoms with van der Waals surface area (Å²) >= 11 is 0.829. The molecule has 2 heterocycles. The lowest BCUT2D eigenvalue weighted by Gasteiger charge is -2.23. The Morgan fingerprint density at radius 3 is 3.08 bits per heavy atom. The van der Waals surface area contributed by atoms with Gasteiger partial charge in [0, 0.05) is 13.0 Å². The minimum Gasteiger partial charge on any atom is -0.273 e. The minimum atomic E-state index is -2.77. The monoisotopic (exact) mass is 205 g/mol. The van der Waals surface area contributed by atoms with Gasteiger partial charge in [0.1, 0.15) is 5.69 Å². The van der Waals surface area contributed by atoms with Crippen LogP contribution in [0, 0.1) is 0 Å². The van der Waals surface area contributed by atoms with E-state index >= 15 is 0 Å². The van der Waals surface area contributed by atoms with Crippen LogP contribution in [0.4, 0.5) is 8.78 Å². The van der Waals surface area contributed by atoms with Crippen molar-refractivity contribution in [2.45, 2.75) is 30.2 Å². The molecule has 0 saturated carbocycles. The van der Waals surface area contributed by atoms with Crippen LogP contribution >= 0.6 is 11.9 Å². The van der Waals surface area contributed by atoms with Crippen molar-refractivity contribution in [3.8, 4) is 0 Å². The fourth-order valence-electron chi connectivity index (χ4n) is 1.56. The number of fused-ring (bicyclic) bond motifs is 1. The number of nitrogens with zero attached hydrogens (tertiary/aromatic N) is 2. The Balaban J connectivity index is 2.52. The molecule has 1 aromatic rings. The second-order valence-corrected chi connectivity index (χ2v) is 3.68. The molecule has 0 saturated heterocycles. The Kier molecular flexibility index (Phi) is 2.03. The number of alkyl halides is 2. The normalized spacial score (nSPS) is 19.9. The van der Waals surface area contributed by atoms with E-state index in [-0.39, 0.29) is 12.1 Å². The quantitative estimate of drug-likeness (QED) is 0.710. The molecule has 0 bridgehead atoms. The van der Waals surface area contributed by atoms with E-state index < -0.39 is 5.92 Å². The molecule has 0 aromatic carbocycles. The third-order valence-corrected chi connectivity index (χ3v) is 2.69. The third-order valence-electron chi connectivity index (χ3n) is 2.14. The number of hydrogen-bond donors (Lipinski definition) is 1. The highest BCUT2D eigenvalue weighted by Crippen LogP contribution is 2.40. The van der Waals surface area contributed by atoms with Crippen molar-refractivity contribution in [1.29, 1.82) is 0 Å². The Morgan fingerprint density at radius 2 is 2.38 bits per heavy atom. The maximum Gasteiger partial charge on any atom is 0.290 e. The van der Waals surface area contributed by atoms with Crippen molar-refractivity contribution in [3.63, 3.8) is 0 Å². The summed E-state index contributed by atoms with van der Waals surface area (Å²) in [5.41, 5.74) is -0.0220. The molecule has 1 aromatic heterocycles. The molecule has 0 aliphatic carbocycles. The number of rotatable bonds is 1. The summed E-state index contributed by atoms with van der Waals surface area (Å²) in [5, 5.41) is 9.13. The topological polar surface area (TPSA) is 43.8 Å². The van der Waals surface area contributed by atoms with Crippen molar-refractivity contribution in [2.75, 3.05) is 0 Å². The van der Waals surface area contributed by atoms with Gasteiger partial charge in [-0.2, -0.15) is 13.9 Å². The third kappa shape index (κ3) is 1.34. The Bertz CT molecular complexity index is 310. The van der Waals surface area contributed by atoms with Gasteiger partial charge in [0.25, 0.3) is 5.92 Å². The highest BCUT2D eigenvalue weighted by molar-refractivity contribution is 7.97. The Morgan fingerprint density at radius 1 is 1.62 bits per heavy atom. The lowest BCUT2D eigenvalue weighted by atomic mass is 10.1. The van der Waals surface area contributed by atoms with Crippen LogP contribution in [0.15, 0.2) is 11.1 Å². The molecule has 0 atom stereocenters. The molecule has 0 spiro atoms. The van der Waals surface area contributed by atoms with Crippen LogP contribution in [-0.4, -0.2) is 9.78 Å². The molecule has 3 nitrogen and oxygen atoms in total. The number of hydrogen-bond acceptors (Lipinski definition) is 3. The molecular weight excluding hydrogens is 196 g/mol. The van der Waals surface area contributed by atoms with E-state index in [1.165, 1.54) is 10.9 Å². The zero-order chi connectivity index (χ0) is 9.47. The predicted molar refractivity (Wildman–Crippen MR) is 45.4 cm³/mol. The second-order valence-electron chi connectivity index (χ2n) is 3.01. The van der Waals surface area contributed by atoms with Gasteiger partial charge < -0.3 is 0 Å². The van der Waals surface area contributed by atoms with Gasteiger partial charge in [-0.05, 0) is 18.4 Å². The first-order valence-electron chi connectivity index (χ1n) is 3.96. The van der Waals surface area contributed by atoms with E-state index in [2.05, 4.69) is 5.10 Å². The molecule has 2 rings (SSSR count). The smallest absolute Gasteiger partial charge is 0.273 e. The average Bonchev–Trinajstić information content (AvgIpc) is 2.48. The summed E-state index contributed by atoms with van der Waals surface area (Å²) < 4.78 is 28.0. The molecule has 0 amide bonds. The van der Waals surface area contributed by atoms with E-state index in [9.17, 15) is 8.78 Å². The lowest BCUT2D eigenvalue weighted by molar-refractivity contribution is -0.0391. The molecule has 6 heteroatoms. The van der Waals surface area contributed by atoms with Gasteiger partial charge in [0.05, 0.1) is 11.1 Å². The maximum absolute atomic E-state index is 13.3. The molecule has 1 aliphatic rings. The zero-order valence-corrected chi connectivity index (χ0v) is 7.65. The molecular formula is C7H9F2N3S. The summed E-state index contributed by atoms with van der Waals surface area (Å²) in [7, 11) is 0. The molecule has 0 unspecified atom stereocenters. The summed E-state index contributed by atoms with van der Waals surface area (Å²) in [6, 6.07) is 0. The predicted octanol–water partition coefficient (Wildman–Crippen LogP) is 1.73. The van der Waals surface area contributed by atoms with Crippen LogP contribution in [0.2, 0.25) is 0 Å². The van der Waals surface area contributed by atoms with Crippen LogP contribution in [0.5, 0.6) is 0 Å². The van der Waals surface area contributed by atoms with Gasteiger partial charge in [-0.3, -0.25) is 9.82 Å². The number of halogens is 2. The molecule has 0 fully saturated rings. The highest BCUT2D eigenvalue weighted by Gasteiger charge is 2.40. The first kappa shape index (κ1) is 8.96. The van der Waals surface area contributed by atoms with Crippen molar-refractivity contribution < 1.29 is 8.78 Å². The zero-order valence-electron chi connectivity index (χ0n) is 6.83. The maximum atomic E-state index is 13.3. The van der Waals surface area contributed by atoms with Crippen molar-refractivity contribution in [1.82, 2.24) is 9.78 Å². The first-order valence-corrected chi connectivity index (χ1v) is 4.84. The van der Waals surface area contributed by atoms with Gasteiger partial charge in [0.15, 0.2) is 0 Å². The minimum absolute atomic E-state index is 0.0220. The SMILES string of the molecule is NSc1cnn2c1C(F)(F)CCC2. The summed E-state index contributed by atoms with van der Waals surface area (Å²) in [5.74, 6) is -2.77. The van der Waals surface area contributed by atoms with Crippen molar-refractivity contribution in [3.05, 3.63) is 11.9 Å². The van der Waals surface area contributed by atoms with Crippen molar-refractivity contribution in [2.24, 2.45) is 5.14 Å². The number of aromatic nitrogens is 2. The number of nitrogens with two attached hydrogens (primary N) is 1. The van der Waals surface area contributed by atoms with Gasteiger partial charge >= 0.3 is 0 Å². The fourth-order valence-corrected chi connectivity index (χ4v) is 2.04. The van der Waals surface area contributed by atoms with Crippen LogP contribution in [0.25, 0.3) is 0 Å². The van der Waals surface area contributed by atoms with Gasteiger partial charge in [-0.1, -0.05) is 0 Å². The largest absolute Gasteiger partial charge is 0.290 e. The van der Waals surface area contributed by atoms with Crippen LogP contribution in [-0.2, 0) is 12.5 Å². The van der Waals surface area contributed by atoms with Crippen LogP contribution in [0.3, 0.4) is 0 Å². The van der Waals surface area contributed by atoms with Crippen molar-refractivity contribution >= 4 is 11.9 Å². The summed E-state index contributed by atoms with van der Waals surface area (Å²) in [6.07, 6.45) is 1.77. The van der Waals surface area contributed by atoms with E-state index in [0.29, 0.717) is 17.9 Å². The van der Waals surface area contributed by atoms with E-state index in [0.717, 1.165) is 11.9 Å². The highest BCUT2D eigenvalue weighted by atomic mass is 32.2. The van der Waals surface area contributed by atoms with Crippen LogP contribution < -0.4 is 5.14 Å². The average molecular weight is 205 g/mol. The van der Waals surface area contributed by atoms with Crippen LogP contribution in [0.1, 0.15) is 18.5 Å². The first-order chi connectivity index (χ1) is 6.15. The second kappa shape index (κ2) is 2.95. The number of aryl methyl sites for hydroxylation is 1. The van der Waals surface area contributed by atoms with E-state index in [1.807, 2.05) is 0 Å². The lowest BCUT2D eigenvalue weighted by Crippen LogP contribution is -2.26. The Hall–Kier alpha value is -0.620. The molecule has 13 heavy (non-hydrogen) atoms. The summed E-state index contributed by atoms with van der Waals surface area (Å²) in [4.78, 5) is 0.379. The Labute approximate surface area is 78.4 Å². The van der Waals surface area contributed by atoms with E-state index in [1.54, 1.807) is 0 Å². The molecule has 2 N–H and O–H groups in total.